The SMILES string of the molecule is Cc1ncccc1Oc1ncnc(N2CC[C@@H](N3CCOCC3)[C@H](O)C2)c1C. The molecule has 0 saturated carbocycles. The van der Waals surface area contributed by atoms with Gasteiger partial charge in [-0.25, -0.2) is 9.97 Å². The van der Waals surface area contributed by atoms with Gasteiger partial charge in [-0.15, -0.1) is 0 Å². The Morgan fingerprint density at radius 3 is 2.71 bits per heavy atom. The lowest BCUT2D eigenvalue weighted by molar-refractivity contribution is -0.0274. The van der Waals surface area contributed by atoms with E-state index in [1.165, 1.54) is 6.33 Å². The number of aliphatic hydroxyl groups is 1. The first-order valence-electron chi connectivity index (χ1n) is 9.79. The van der Waals surface area contributed by atoms with Gasteiger partial charge in [-0.05, 0) is 32.4 Å². The second kappa shape index (κ2) is 8.38. The number of nitrogens with zero attached hydrogens (tertiary/aromatic N) is 5. The van der Waals surface area contributed by atoms with Crippen LogP contribution in [0.3, 0.4) is 0 Å². The Morgan fingerprint density at radius 2 is 1.96 bits per heavy atom. The van der Waals surface area contributed by atoms with Crippen LogP contribution in [0, 0.1) is 13.8 Å². The Labute approximate surface area is 165 Å². The third kappa shape index (κ3) is 3.94. The Bertz CT molecular complexity index is 812. The minimum absolute atomic E-state index is 0.177. The smallest absolute Gasteiger partial charge is 0.227 e. The number of β-amino-alcohol motifs (C(OH)–C–C–N with tert-alkyl or cyclic N) is 1. The molecule has 8 heteroatoms. The van der Waals surface area contributed by atoms with Crippen molar-refractivity contribution in [1.29, 1.82) is 0 Å². The average molecular weight is 385 g/mol. The van der Waals surface area contributed by atoms with Crippen molar-refractivity contribution in [1.82, 2.24) is 19.9 Å². The van der Waals surface area contributed by atoms with Crippen molar-refractivity contribution < 1.29 is 14.6 Å². The largest absolute Gasteiger partial charge is 0.437 e. The summed E-state index contributed by atoms with van der Waals surface area (Å²) in [4.78, 5) is 17.5. The lowest BCUT2D eigenvalue weighted by atomic mass is 9.99. The fourth-order valence-corrected chi connectivity index (χ4v) is 3.98. The summed E-state index contributed by atoms with van der Waals surface area (Å²) in [6.45, 7) is 8.50. The lowest BCUT2D eigenvalue weighted by Gasteiger charge is -2.43. The van der Waals surface area contributed by atoms with Crippen molar-refractivity contribution in [2.24, 2.45) is 0 Å². The minimum Gasteiger partial charge on any atom is -0.437 e. The maximum Gasteiger partial charge on any atom is 0.227 e. The first-order chi connectivity index (χ1) is 13.6. The number of aryl methyl sites for hydroxylation is 1. The van der Waals surface area contributed by atoms with E-state index >= 15 is 0 Å². The summed E-state index contributed by atoms with van der Waals surface area (Å²) >= 11 is 0. The van der Waals surface area contributed by atoms with Crippen molar-refractivity contribution >= 4 is 5.82 Å². The molecule has 2 aliphatic rings. The van der Waals surface area contributed by atoms with Gasteiger partial charge in [-0.1, -0.05) is 0 Å². The zero-order chi connectivity index (χ0) is 19.5. The number of morpholine rings is 1. The fourth-order valence-electron chi connectivity index (χ4n) is 3.98. The molecule has 2 aliphatic heterocycles. The number of pyridine rings is 1. The van der Waals surface area contributed by atoms with E-state index in [4.69, 9.17) is 9.47 Å². The summed E-state index contributed by atoms with van der Waals surface area (Å²) in [7, 11) is 0. The third-order valence-corrected chi connectivity index (χ3v) is 5.54. The van der Waals surface area contributed by atoms with Crippen LogP contribution >= 0.6 is 0 Å². The Kier molecular flexibility index (Phi) is 5.70. The molecule has 2 atom stereocenters. The number of hydrogen-bond donors (Lipinski definition) is 1. The molecule has 0 amide bonds. The molecule has 8 nitrogen and oxygen atoms in total. The molecule has 28 heavy (non-hydrogen) atoms. The zero-order valence-corrected chi connectivity index (χ0v) is 16.4. The maximum absolute atomic E-state index is 10.8. The van der Waals surface area contributed by atoms with Gasteiger partial charge in [0.15, 0.2) is 5.75 Å². The monoisotopic (exact) mass is 385 g/mol. The van der Waals surface area contributed by atoms with Gasteiger partial charge < -0.3 is 19.5 Å². The number of hydrogen-bond acceptors (Lipinski definition) is 8. The van der Waals surface area contributed by atoms with Crippen molar-refractivity contribution in [3.8, 4) is 11.6 Å². The van der Waals surface area contributed by atoms with E-state index in [1.807, 2.05) is 26.0 Å². The lowest BCUT2D eigenvalue weighted by Crippen LogP contribution is -2.56. The number of aromatic nitrogens is 3. The second-order valence-corrected chi connectivity index (χ2v) is 7.33. The molecule has 0 aromatic carbocycles. The molecule has 4 heterocycles. The summed E-state index contributed by atoms with van der Waals surface area (Å²) in [6.07, 6.45) is 3.72. The predicted molar refractivity (Wildman–Crippen MR) is 105 cm³/mol. The summed E-state index contributed by atoms with van der Waals surface area (Å²) in [5, 5.41) is 10.8. The van der Waals surface area contributed by atoms with Crippen LogP contribution in [0.1, 0.15) is 17.7 Å². The number of anilines is 1. The van der Waals surface area contributed by atoms with Gasteiger partial charge in [0.05, 0.1) is 30.6 Å². The van der Waals surface area contributed by atoms with Crippen LogP contribution in [0.25, 0.3) is 0 Å². The van der Waals surface area contributed by atoms with Crippen LogP contribution in [-0.4, -0.2) is 76.5 Å². The van der Waals surface area contributed by atoms with Gasteiger partial charge in [0.25, 0.3) is 0 Å². The van der Waals surface area contributed by atoms with Gasteiger partial charge in [-0.3, -0.25) is 9.88 Å². The van der Waals surface area contributed by atoms with E-state index in [1.54, 1.807) is 6.20 Å². The molecule has 0 unspecified atom stereocenters. The van der Waals surface area contributed by atoms with Crippen LogP contribution in [0.15, 0.2) is 24.7 Å². The van der Waals surface area contributed by atoms with E-state index in [0.29, 0.717) is 18.2 Å². The third-order valence-electron chi connectivity index (χ3n) is 5.54. The number of ether oxygens (including phenoxy) is 2. The number of piperidine rings is 1. The van der Waals surface area contributed by atoms with Crippen molar-refractivity contribution in [2.75, 3.05) is 44.3 Å². The highest BCUT2D eigenvalue weighted by Crippen LogP contribution is 2.31. The zero-order valence-electron chi connectivity index (χ0n) is 16.4. The molecule has 4 rings (SSSR count). The number of aliphatic hydroxyl groups excluding tert-OH is 1. The quantitative estimate of drug-likeness (QED) is 0.849. The Morgan fingerprint density at radius 1 is 1.14 bits per heavy atom. The molecule has 0 radical (unpaired) electrons. The average Bonchev–Trinajstić information content (AvgIpc) is 2.72. The maximum atomic E-state index is 10.8. The molecular formula is C20H27N5O3. The molecular weight excluding hydrogens is 358 g/mol. The summed E-state index contributed by atoms with van der Waals surface area (Å²) in [5.41, 5.74) is 1.67. The van der Waals surface area contributed by atoms with E-state index in [9.17, 15) is 5.11 Å². The molecule has 1 N–H and O–H groups in total. The van der Waals surface area contributed by atoms with E-state index < -0.39 is 6.10 Å². The molecule has 0 aliphatic carbocycles. The standard InChI is InChI=1S/C20H27N5O3/c1-14-19(22-13-23-20(14)28-18-4-3-6-21-15(18)2)25-7-5-16(17(26)12-25)24-8-10-27-11-9-24/h3-4,6,13,16-17,26H,5,7-12H2,1-2H3/t16-,17-/m1/s1. The van der Waals surface area contributed by atoms with E-state index in [2.05, 4.69) is 24.8 Å². The van der Waals surface area contributed by atoms with Gasteiger partial charge in [0.1, 0.15) is 12.1 Å². The van der Waals surface area contributed by atoms with Crippen LogP contribution in [0.2, 0.25) is 0 Å². The van der Waals surface area contributed by atoms with Crippen LogP contribution in [-0.2, 0) is 4.74 Å². The molecule has 2 fully saturated rings. The van der Waals surface area contributed by atoms with Crippen molar-refractivity contribution in [3.05, 3.63) is 35.9 Å². The molecule has 2 aromatic heterocycles. The second-order valence-electron chi connectivity index (χ2n) is 7.33. The van der Waals surface area contributed by atoms with Gasteiger partial charge in [0.2, 0.25) is 5.88 Å². The highest BCUT2D eigenvalue weighted by molar-refractivity contribution is 5.51. The highest BCUT2D eigenvalue weighted by atomic mass is 16.5. The van der Waals surface area contributed by atoms with Gasteiger partial charge in [0, 0.05) is 38.4 Å². The molecule has 2 aromatic rings. The first kappa shape index (κ1) is 19.0. The fraction of sp³-hybridized carbons (Fsp3) is 0.550. The summed E-state index contributed by atoms with van der Waals surface area (Å²) < 4.78 is 11.4. The molecule has 0 spiro atoms. The van der Waals surface area contributed by atoms with Crippen LogP contribution in [0.5, 0.6) is 11.6 Å². The molecule has 2 saturated heterocycles. The van der Waals surface area contributed by atoms with Gasteiger partial charge >= 0.3 is 0 Å². The van der Waals surface area contributed by atoms with E-state index in [-0.39, 0.29) is 6.04 Å². The van der Waals surface area contributed by atoms with Crippen molar-refractivity contribution in [3.63, 3.8) is 0 Å². The minimum atomic E-state index is -0.425. The Hall–Kier alpha value is -2.29. The molecule has 0 bridgehead atoms. The Balaban J connectivity index is 1.48. The van der Waals surface area contributed by atoms with Crippen LogP contribution < -0.4 is 9.64 Å². The van der Waals surface area contributed by atoms with Crippen LogP contribution in [0.4, 0.5) is 5.82 Å². The summed E-state index contributed by atoms with van der Waals surface area (Å²) in [5.74, 6) is 2.01. The first-order valence-corrected chi connectivity index (χ1v) is 9.79. The van der Waals surface area contributed by atoms with E-state index in [0.717, 1.165) is 56.3 Å². The number of rotatable bonds is 4. The topological polar surface area (TPSA) is 83.8 Å². The summed E-state index contributed by atoms with van der Waals surface area (Å²) in [6, 6.07) is 3.89. The molecule has 150 valence electrons. The normalized spacial score (nSPS) is 23.6. The predicted octanol–water partition coefficient (Wildman–Crippen LogP) is 1.55. The van der Waals surface area contributed by atoms with Gasteiger partial charge in [-0.2, -0.15) is 0 Å². The van der Waals surface area contributed by atoms with Crippen molar-refractivity contribution in [2.45, 2.75) is 32.4 Å². The highest BCUT2D eigenvalue weighted by Gasteiger charge is 2.34.